The molecule has 0 amide bonds. The smallest absolute Gasteiger partial charge is 0.123 e. The summed E-state index contributed by atoms with van der Waals surface area (Å²) in [6.45, 7) is 4.42. The molecular formula is C17H20FNO. The lowest BCUT2D eigenvalue weighted by molar-refractivity contribution is 0.271. The van der Waals surface area contributed by atoms with Crippen LogP contribution in [0.15, 0.2) is 42.5 Å². The molecule has 0 bridgehead atoms. The molecule has 2 rings (SSSR count). The number of hydrogen-bond acceptors (Lipinski definition) is 2. The molecule has 0 saturated heterocycles. The monoisotopic (exact) mass is 273 g/mol. The molecular weight excluding hydrogens is 253 g/mol. The minimum atomic E-state index is -0.237. The molecule has 3 heteroatoms. The van der Waals surface area contributed by atoms with Gasteiger partial charge < -0.3 is 10.1 Å². The van der Waals surface area contributed by atoms with Gasteiger partial charge in [-0.05, 0) is 50.2 Å². The standard InChI is InChI=1S/C17H20FNO/c1-12-5-4-6-14(9-12)16(19-3)11-20-17-8-7-15(18)10-13(17)2/h4-10,16,19H,11H2,1-3H3. The van der Waals surface area contributed by atoms with E-state index in [0.717, 1.165) is 11.3 Å². The zero-order valence-electron chi connectivity index (χ0n) is 12.1. The molecule has 106 valence electrons. The van der Waals surface area contributed by atoms with Gasteiger partial charge in [0.1, 0.15) is 18.2 Å². The van der Waals surface area contributed by atoms with Crippen molar-refractivity contribution in [2.75, 3.05) is 13.7 Å². The van der Waals surface area contributed by atoms with Crippen molar-refractivity contribution in [3.05, 3.63) is 65.0 Å². The Bertz CT molecular complexity index is 583. The lowest BCUT2D eigenvalue weighted by atomic mass is 10.1. The lowest BCUT2D eigenvalue weighted by Gasteiger charge is -2.19. The highest BCUT2D eigenvalue weighted by Gasteiger charge is 2.11. The fourth-order valence-electron chi connectivity index (χ4n) is 2.18. The Morgan fingerprint density at radius 2 is 1.95 bits per heavy atom. The summed E-state index contributed by atoms with van der Waals surface area (Å²) in [5.41, 5.74) is 3.22. The Balaban J connectivity index is 2.07. The van der Waals surface area contributed by atoms with Crippen molar-refractivity contribution in [1.82, 2.24) is 5.32 Å². The van der Waals surface area contributed by atoms with Crippen molar-refractivity contribution >= 4 is 0 Å². The minimum absolute atomic E-state index is 0.111. The highest BCUT2D eigenvalue weighted by Crippen LogP contribution is 2.21. The molecule has 0 aromatic heterocycles. The fraction of sp³-hybridized carbons (Fsp3) is 0.294. The van der Waals surface area contributed by atoms with E-state index in [0.29, 0.717) is 6.61 Å². The summed E-state index contributed by atoms with van der Waals surface area (Å²) in [6.07, 6.45) is 0. The number of aryl methyl sites for hydroxylation is 2. The minimum Gasteiger partial charge on any atom is -0.491 e. The predicted octanol–water partition coefficient (Wildman–Crippen LogP) is 3.78. The van der Waals surface area contributed by atoms with Crippen molar-refractivity contribution in [1.29, 1.82) is 0 Å². The second kappa shape index (κ2) is 6.53. The van der Waals surface area contributed by atoms with Crippen LogP contribution in [0.25, 0.3) is 0 Å². The summed E-state index contributed by atoms with van der Waals surface area (Å²) in [7, 11) is 1.91. The summed E-state index contributed by atoms with van der Waals surface area (Å²) >= 11 is 0. The maximum Gasteiger partial charge on any atom is 0.123 e. The van der Waals surface area contributed by atoms with Crippen molar-refractivity contribution in [3.63, 3.8) is 0 Å². The van der Waals surface area contributed by atoms with Crippen LogP contribution in [0.5, 0.6) is 5.75 Å². The normalized spacial score (nSPS) is 12.2. The van der Waals surface area contributed by atoms with Gasteiger partial charge in [-0.25, -0.2) is 4.39 Å². The Kier molecular flexibility index (Phi) is 4.74. The quantitative estimate of drug-likeness (QED) is 0.895. The lowest BCUT2D eigenvalue weighted by Crippen LogP contribution is -2.23. The van der Waals surface area contributed by atoms with Crippen molar-refractivity contribution in [2.24, 2.45) is 0 Å². The summed E-state index contributed by atoms with van der Waals surface area (Å²) in [5, 5.41) is 3.25. The van der Waals surface area contributed by atoms with Crippen LogP contribution < -0.4 is 10.1 Å². The SMILES string of the molecule is CNC(COc1ccc(F)cc1C)c1cccc(C)c1. The first-order valence-electron chi connectivity index (χ1n) is 6.73. The number of hydrogen-bond donors (Lipinski definition) is 1. The summed E-state index contributed by atoms with van der Waals surface area (Å²) in [4.78, 5) is 0. The molecule has 1 atom stereocenters. The fourth-order valence-corrected chi connectivity index (χ4v) is 2.18. The molecule has 2 aromatic rings. The van der Waals surface area contributed by atoms with Crippen LogP contribution in [0.3, 0.4) is 0 Å². The first-order chi connectivity index (χ1) is 9.60. The van der Waals surface area contributed by atoms with Gasteiger partial charge in [-0.15, -0.1) is 0 Å². The van der Waals surface area contributed by atoms with Gasteiger partial charge in [0.05, 0.1) is 6.04 Å². The molecule has 2 aromatic carbocycles. The summed E-state index contributed by atoms with van der Waals surface area (Å²) in [5.74, 6) is 0.484. The van der Waals surface area contributed by atoms with E-state index in [1.165, 1.54) is 23.3 Å². The maximum absolute atomic E-state index is 13.1. The molecule has 0 fully saturated rings. The molecule has 2 nitrogen and oxygen atoms in total. The number of nitrogens with one attached hydrogen (secondary N) is 1. The average Bonchev–Trinajstić information content (AvgIpc) is 2.41. The molecule has 0 heterocycles. The van der Waals surface area contributed by atoms with E-state index >= 15 is 0 Å². The Hall–Kier alpha value is -1.87. The van der Waals surface area contributed by atoms with Gasteiger partial charge in [0.2, 0.25) is 0 Å². The Morgan fingerprint density at radius 1 is 1.15 bits per heavy atom. The van der Waals surface area contributed by atoms with E-state index in [4.69, 9.17) is 4.74 Å². The second-order valence-corrected chi connectivity index (χ2v) is 4.98. The van der Waals surface area contributed by atoms with Gasteiger partial charge in [-0.2, -0.15) is 0 Å². The van der Waals surface area contributed by atoms with Crippen LogP contribution in [0.4, 0.5) is 4.39 Å². The third kappa shape index (κ3) is 3.58. The number of benzene rings is 2. The molecule has 1 N–H and O–H groups in total. The Morgan fingerprint density at radius 3 is 2.60 bits per heavy atom. The third-order valence-electron chi connectivity index (χ3n) is 3.34. The van der Waals surface area contributed by atoms with Crippen LogP contribution in [-0.2, 0) is 0 Å². The van der Waals surface area contributed by atoms with Crippen LogP contribution in [0.2, 0.25) is 0 Å². The van der Waals surface area contributed by atoms with Crippen LogP contribution in [0.1, 0.15) is 22.7 Å². The highest BCUT2D eigenvalue weighted by atomic mass is 19.1. The number of ether oxygens (including phenoxy) is 1. The van der Waals surface area contributed by atoms with Crippen LogP contribution >= 0.6 is 0 Å². The highest BCUT2D eigenvalue weighted by molar-refractivity contribution is 5.33. The zero-order valence-corrected chi connectivity index (χ0v) is 12.1. The Labute approximate surface area is 119 Å². The third-order valence-corrected chi connectivity index (χ3v) is 3.34. The molecule has 0 spiro atoms. The van der Waals surface area contributed by atoms with Gasteiger partial charge in [0, 0.05) is 0 Å². The van der Waals surface area contributed by atoms with Gasteiger partial charge in [-0.1, -0.05) is 29.8 Å². The first-order valence-corrected chi connectivity index (χ1v) is 6.73. The summed E-state index contributed by atoms with van der Waals surface area (Å²) < 4.78 is 18.9. The van der Waals surface area contributed by atoms with E-state index < -0.39 is 0 Å². The largest absolute Gasteiger partial charge is 0.491 e. The predicted molar refractivity (Wildman–Crippen MR) is 79.6 cm³/mol. The molecule has 0 aliphatic heterocycles. The van der Waals surface area contributed by atoms with E-state index in [2.05, 4.69) is 30.4 Å². The second-order valence-electron chi connectivity index (χ2n) is 4.98. The van der Waals surface area contributed by atoms with Gasteiger partial charge >= 0.3 is 0 Å². The van der Waals surface area contributed by atoms with Crippen molar-refractivity contribution < 1.29 is 9.13 Å². The maximum atomic E-state index is 13.1. The molecule has 0 radical (unpaired) electrons. The van der Waals surface area contributed by atoms with Gasteiger partial charge in [0.25, 0.3) is 0 Å². The first kappa shape index (κ1) is 14.5. The van der Waals surface area contributed by atoms with E-state index in [1.54, 1.807) is 6.07 Å². The molecule has 0 aliphatic rings. The average molecular weight is 273 g/mol. The summed E-state index contributed by atoms with van der Waals surface area (Å²) in [6, 6.07) is 13.0. The van der Waals surface area contributed by atoms with Gasteiger partial charge in [-0.3, -0.25) is 0 Å². The number of likely N-dealkylation sites (N-methyl/N-ethyl adjacent to an activating group) is 1. The van der Waals surface area contributed by atoms with E-state index in [-0.39, 0.29) is 11.9 Å². The van der Waals surface area contributed by atoms with Crippen LogP contribution in [0, 0.1) is 19.7 Å². The number of rotatable bonds is 5. The van der Waals surface area contributed by atoms with E-state index in [9.17, 15) is 4.39 Å². The van der Waals surface area contributed by atoms with Crippen LogP contribution in [-0.4, -0.2) is 13.7 Å². The number of halogens is 1. The molecule has 20 heavy (non-hydrogen) atoms. The topological polar surface area (TPSA) is 21.3 Å². The van der Waals surface area contributed by atoms with E-state index in [1.807, 2.05) is 20.0 Å². The zero-order chi connectivity index (χ0) is 14.5. The van der Waals surface area contributed by atoms with Crippen molar-refractivity contribution in [3.8, 4) is 5.75 Å². The molecule has 0 saturated carbocycles. The van der Waals surface area contributed by atoms with Crippen molar-refractivity contribution in [2.45, 2.75) is 19.9 Å². The molecule has 1 unspecified atom stereocenters. The van der Waals surface area contributed by atoms with Gasteiger partial charge in [0.15, 0.2) is 0 Å². The molecule has 0 aliphatic carbocycles.